The van der Waals surface area contributed by atoms with Gasteiger partial charge in [0.25, 0.3) is 5.91 Å². The van der Waals surface area contributed by atoms with Crippen molar-refractivity contribution >= 4 is 16.9 Å². The second kappa shape index (κ2) is 6.57. The van der Waals surface area contributed by atoms with Crippen molar-refractivity contribution in [1.29, 1.82) is 0 Å². The maximum Gasteiger partial charge on any atom is 0.254 e. The topological polar surface area (TPSA) is 58.2 Å². The molecular formula is C21H23N3O2. The first-order chi connectivity index (χ1) is 12.5. The number of hydrogen-bond donors (Lipinski definition) is 1. The number of hydrogen-bond acceptors (Lipinski definition) is 3. The maximum absolute atomic E-state index is 13.4. The molecule has 1 amide bonds. The Morgan fingerprint density at radius 1 is 1.27 bits per heavy atom. The van der Waals surface area contributed by atoms with E-state index < -0.39 is 0 Å². The van der Waals surface area contributed by atoms with Gasteiger partial charge in [-0.25, -0.2) is 4.98 Å². The molecule has 134 valence electrons. The number of aromatic amines is 1. The lowest BCUT2D eigenvalue weighted by Crippen LogP contribution is -2.61. The minimum atomic E-state index is -0.363. The Morgan fingerprint density at radius 2 is 2.08 bits per heavy atom. The van der Waals surface area contributed by atoms with Crippen LogP contribution in [0.25, 0.3) is 11.0 Å². The highest BCUT2D eigenvalue weighted by Gasteiger charge is 2.40. The van der Waals surface area contributed by atoms with E-state index in [1.54, 1.807) is 6.33 Å². The monoisotopic (exact) mass is 349 g/mol. The molecule has 1 aromatic heterocycles. The largest absolute Gasteiger partial charge is 0.377 e. The highest BCUT2D eigenvalue weighted by Crippen LogP contribution is 2.28. The summed E-state index contributed by atoms with van der Waals surface area (Å²) in [7, 11) is 0. The molecule has 2 aromatic carbocycles. The maximum atomic E-state index is 13.4. The molecule has 26 heavy (non-hydrogen) atoms. The van der Waals surface area contributed by atoms with Gasteiger partial charge in [0.2, 0.25) is 0 Å². The summed E-state index contributed by atoms with van der Waals surface area (Å²) in [5, 5.41) is 0. The van der Waals surface area contributed by atoms with Crippen molar-refractivity contribution in [2.75, 3.05) is 13.2 Å². The van der Waals surface area contributed by atoms with Crippen LogP contribution in [-0.4, -0.2) is 45.6 Å². The van der Waals surface area contributed by atoms with Gasteiger partial charge in [-0.15, -0.1) is 0 Å². The number of aromatic nitrogens is 2. The van der Waals surface area contributed by atoms with Gasteiger partial charge < -0.3 is 14.6 Å². The number of imidazole rings is 1. The van der Waals surface area contributed by atoms with Crippen LogP contribution in [0.5, 0.6) is 0 Å². The van der Waals surface area contributed by atoms with Crippen LogP contribution in [0, 0.1) is 0 Å². The summed E-state index contributed by atoms with van der Waals surface area (Å²) < 4.78 is 5.83. The first kappa shape index (κ1) is 16.8. The van der Waals surface area contributed by atoms with Crippen molar-refractivity contribution in [1.82, 2.24) is 14.9 Å². The average molecular weight is 349 g/mol. The molecule has 1 aliphatic rings. The third-order valence-electron chi connectivity index (χ3n) is 4.98. The molecule has 1 saturated heterocycles. The highest BCUT2D eigenvalue weighted by atomic mass is 16.5. The van der Waals surface area contributed by atoms with Crippen molar-refractivity contribution in [3.8, 4) is 0 Å². The average Bonchev–Trinajstić information content (AvgIpc) is 3.09. The Hall–Kier alpha value is -2.66. The number of nitrogens with zero attached hydrogens (tertiary/aromatic N) is 2. The third kappa shape index (κ3) is 3.10. The second-order valence-corrected chi connectivity index (χ2v) is 7.48. The molecule has 5 nitrogen and oxygen atoms in total. The molecule has 3 aromatic rings. The van der Waals surface area contributed by atoms with Crippen LogP contribution in [-0.2, 0) is 11.2 Å². The summed E-state index contributed by atoms with van der Waals surface area (Å²) in [5.74, 6) is 0.0377. The Labute approximate surface area is 153 Å². The van der Waals surface area contributed by atoms with Crippen molar-refractivity contribution in [2.45, 2.75) is 31.8 Å². The van der Waals surface area contributed by atoms with Crippen molar-refractivity contribution in [3.63, 3.8) is 0 Å². The zero-order valence-electron chi connectivity index (χ0n) is 15.1. The Morgan fingerprint density at radius 3 is 2.88 bits per heavy atom. The minimum Gasteiger partial charge on any atom is -0.377 e. The van der Waals surface area contributed by atoms with Gasteiger partial charge in [-0.05, 0) is 44.0 Å². The van der Waals surface area contributed by atoms with Gasteiger partial charge in [-0.3, -0.25) is 4.79 Å². The molecular weight excluding hydrogens is 326 g/mol. The third-order valence-corrected chi connectivity index (χ3v) is 4.98. The van der Waals surface area contributed by atoms with Crippen LogP contribution in [0.3, 0.4) is 0 Å². The van der Waals surface area contributed by atoms with E-state index in [2.05, 4.69) is 35.9 Å². The molecule has 1 aliphatic heterocycles. The van der Waals surface area contributed by atoms with E-state index in [0.29, 0.717) is 18.8 Å². The van der Waals surface area contributed by atoms with E-state index in [0.717, 1.165) is 17.5 Å². The Bertz CT molecular complexity index is 917. The van der Waals surface area contributed by atoms with Gasteiger partial charge >= 0.3 is 0 Å². The number of morpholine rings is 1. The lowest BCUT2D eigenvalue weighted by atomic mass is 9.94. The van der Waals surface area contributed by atoms with E-state index >= 15 is 0 Å². The molecule has 0 saturated carbocycles. The number of benzene rings is 2. The van der Waals surface area contributed by atoms with Crippen LogP contribution >= 0.6 is 0 Å². The number of H-pyrrole nitrogens is 1. The van der Waals surface area contributed by atoms with Crippen molar-refractivity contribution < 1.29 is 9.53 Å². The lowest BCUT2D eigenvalue weighted by molar-refractivity contribution is -0.0703. The van der Waals surface area contributed by atoms with Gasteiger partial charge in [-0.1, -0.05) is 30.3 Å². The number of ether oxygens (including phenoxy) is 1. The molecule has 0 radical (unpaired) electrons. The van der Waals surface area contributed by atoms with Gasteiger partial charge in [-0.2, -0.15) is 0 Å². The fourth-order valence-electron chi connectivity index (χ4n) is 3.77. The molecule has 1 fully saturated rings. The van der Waals surface area contributed by atoms with Gasteiger partial charge in [0.1, 0.15) is 0 Å². The van der Waals surface area contributed by atoms with Gasteiger partial charge in [0.05, 0.1) is 42.2 Å². The molecule has 1 unspecified atom stereocenters. The number of nitrogens with one attached hydrogen (secondary N) is 1. The summed E-state index contributed by atoms with van der Waals surface area (Å²) in [5.41, 5.74) is 3.26. The van der Waals surface area contributed by atoms with E-state index in [4.69, 9.17) is 4.74 Å². The molecule has 0 bridgehead atoms. The Balaban J connectivity index is 1.67. The quantitative estimate of drug-likeness (QED) is 0.788. The SMILES string of the molecule is CC1(C)COCC(Cc2ccccc2)N1C(=O)c1ccc2nc[nH]c2c1. The molecule has 1 N–H and O–H groups in total. The zero-order valence-corrected chi connectivity index (χ0v) is 15.1. The second-order valence-electron chi connectivity index (χ2n) is 7.48. The van der Waals surface area contributed by atoms with E-state index in [9.17, 15) is 4.79 Å². The molecule has 0 aliphatic carbocycles. The predicted octanol–water partition coefficient (Wildman–Crippen LogP) is 3.43. The van der Waals surface area contributed by atoms with Gasteiger partial charge in [0.15, 0.2) is 0 Å². The van der Waals surface area contributed by atoms with Crippen molar-refractivity contribution in [3.05, 3.63) is 66.0 Å². The first-order valence-electron chi connectivity index (χ1n) is 8.93. The predicted molar refractivity (Wildman–Crippen MR) is 101 cm³/mol. The number of rotatable bonds is 3. The van der Waals surface area contributed by atoms with E-state index in [-0.39, 0.29) is 17.5 Å². The molecule has 4 rings (SSSR count). The highest BCUT2D eigenvalue weighted by molar-refractivity contribution is 5.98. The van der Waals surface area contributed by atoms with Crippen LogP contribution in [0.15, 0.2) is 54.9 Å². The molecule has 5 heteroatoms. The zero-order chi connectivity index (χ0) is 18.1. The minimum absolute atomic E-state index is 0.00566. The number of carbonyl (C=O) groups excluding carboxylic acids is 1. The van der Waals surface area contributed by atoms with Gasteiger partial charge in [0, 0.05) is 5.56 Å². The normalized spacial score (nSPS) is 19.6. The fourth-order valence-corrected chi connectivity index (χ4v) is 3.77. The summed E-state index contributed by atoms with van der Waals surface area (Å²) in [6.07, 6.45) is 2.43. The van der Waals surface area contributed by atoms with E-state index in [1.165, 1.54) is 5.56 Å². The molecule has 0 spiro atoms. The summed E-state index contributed by atoms with van der Waals surface area (Å²) in [6, 6.07) is 15.9. The number of amides is 1. The lowest BCUT2D eigenvalue weighted by Gasteiger charge is -2.47. The first-order valence-corrected chi connectivity index (χ1v) is 8.93. The van der Waals surface area contributed by atoms with Crippen LogP contribution in [0.1, 0.15) is 29.8 Å². The van der Waals surface area contributed by atoms with E-state index in [1.807, 2.05) is 41.3 Å². The summed E-state index contributed by atoms with van der Waals surface area (Å²) >= 11 is 0. The molecule has 1 atom stereocenters. The van der Waals surface area contributed by atoms with Crippen LogP contribution in [0.4, 0.5) is 0 Å². The van der Waals surface area contributed by atoms with Crippen molar-refractivity contribution in [2.24, 2.45) is 0 Å². The molecule has 2 heterocycles. The number of carbonyl (C=O) groups is 1. The number of fused-ring (bicyclic) bond motifs is 1. The Kier molecular flexibility index (Phi) is 4.24. The smallest absolute Gasteiger partial charge is 0.254 e. The summed E-state index contributed by atoms with van der Waals surface area (Å²) in [6.45, 7) is 5.22. The van der Waals surface area contributed by atoms with Crippen LogP contribution < -0.4 is 0 Å². The standard InChI is InChI=1S/C21H23N3O2/c1-21(2)13-26-12-17(10-15-6-4-3-5-7-15)24(21)20(25)16-8-9-18-19(11-16)23-14-22-18/h3-9,11,14,17H,10,12-13H2,1-2H3,(H,22,23). The van der Waals surface area contributed by atoms with Crippen LogP contribution in [0.2, 0.25) is 0 Å². The summed E-state index contributed by atoms with van der Waals surface area (Å²) in [4.78, 5) is 22.7. The fraction of sp³-hybridized carbons (Fsp3) is 0.333.